The highest BCUT2D eigenvalue weighted by atomic mass is 16.3. The Balaban J connectivity index is 1.88. The summed E-state index contributed by atoms with van der Waals surface area (Å²) in [5.74, 6) is -0.00835. The number of nitrogens with zero attached hydrogens (tertiary/aromatic N) is 4. The maximum atomic E-state index is 11.8. The molecule has 0 bridgehead atoms. The Bertz CT molecular complexity index is 486. The zero-order valence-electron chi connectivity index (χ0n) is 13.2. The summed E-state index contributed by atoms with van der Waals surface area (Å²) in [4.78, 5) is 15.6. The van der Waals surface area contributed by atoms with Crippen molar-refractivity contribution in [3.63, 3.8) is 0 Å². The smallest absolute Gasteiger partial charge is 0.224 e. The second-order valence-corrected chi connectivity index (χ2v) is 6.27. The van der Waals surface area contributed by atoms with Gasteiger partial charge in [-0.15, -0.1) is 0 Å². The molecular weight excluding hydrogens is 268 g/mol. The average molecular weight is 294 g/mol. The minimum absolute atomic E-state index is 0.00835. The van der Waals surface area contributed by atoms with Gasteiger partial charge in [-0.1, -0.05) is 0 Å². The number of aromatic nitrogens is 2. The molecule has 118 valence electrons. The summed E-state index contributed by atoms with van der Waals surface area (Å²) >= 11 is 0. The first-order valence-electron chi connectivity index (χ1n) is 7.51. The first-order chi connectivity index (χ1) is 9.89. The molecule has 1 saturated heterocycles. The third-order valence-corrected chi connectivity index (χ3v) is 4.22. The van der Waals surface area contributed by atoms with Crippen LogP contribution in [-0.2, 0) is 18.3 Å². The van der Waals surface area contributed by atoms with Crippen LogP contribution < -0.4 is 0 Å². The molecule has 2 rings (SSSR count). The Kier molecular flexibility index (Phi) is 5.00. The number of hydrogen-bond donors (Lipinski definition) is 1. The van der Waals surface area contributed by atoms with Crippen molar-refractivity contribution in [2.45, 2.75) is 31.3 Å². The van der Waals surface area contributed by atoms with E-state index in [9.17, 15) is 9.90 Å². The fraction of sp³-hybridized carbons (Fsp3) is 0.733. The minimum Gasteiger partial charge on any atom is -0.388 e. The molecule has 0 aromatic carbocycles. The van der Waals surface area contributed by atoms with Crippen LogP contribution in [0, 0.1) is 0 Å². The normalized spacial score (nSPS) is 23.2. The first-order valence-corrected chi connectivity index (χ1v) is 7.51. The van der Waals surface area contributed by atoms with Gasteiger partial charge in [0.05, 0.1) is 12.0 Å². The van der Waals surface area contributed by atoms with E-state index in [1.54, 1.807) is 25.2 Å². The Labute approximate surface area is 126 Å². The summed E-state index contributed by atoms with van der Waals surface area (Å²) in [7, 11) is 5.40. The molecule has 1 atom stereocenters. The predicted octanol–water partition coefficient (Wildman–Crippen LogP) is 0.268. The Hall–Kier alpha value is -1.40. The summed E-state index contributed by atoms with van der Waals surface area (Å²) in [5.41, 5.74) is 0.306. The number of aliphatic hydroxyl groups is 1. The number of hydrogen-bond acceptors (Lipinski definition) is 4. The molecule has 21 heavy (non-hydrogen) atoms. The number of likely N-dealkylation sites (tertiary alicyclic amines) is 1. The second kappa shape index (κ2) is 6.58. The van der Waals surface area contributed by atoms with E-state index in [1.807, 2.05) is 17.8 Å². The van der Waals surface area contributed by atoms with E-state index >= 15 is 0 Å². The van der Waals surface area contributed by atoms with Gasteiger partial charge < -0.3 is 14.9 Å². The van der Waals surface area contributed by atoms with Crippen LogP contribution in [0.2, 0.25) is 0 Å². The first kappa shape index (κ1) is 16.0. The second-order valence-electron chi connectivity index (χ2n) is 6.27. The molecule has 1 aliphatic rings. The molecule has 1 aromatic heterocycles. The van der Waals surface area contributed by atoms with E-state index in [0.29, 0.717) is 13.0 Å². The zero-order chi connectivity index (χ0) is 15.5. The van der Waals surface area contributed by atoms with Crippen LogP contribution in [0.15, 0.2) is 12.3 Å². The lowest BCUT2D eigenvalue weighted by Gasteiger charge is -2.39. The molecule has 0 saturated carbocycles. The molecule has 6 nitrogen and oxygen atoms in total. The van der Waals surface area contributed by atoms with Crippen molar-refractivity contribution in [2.75, 3.05) is 33.7 Å². The maximum absolute atomic E-state index is 11.8. The zero-order valence-corrected chi connectivity index (χ0v) is 13.2. The lowest BCUT2D eigenvalue weighted by Crippen LogP contribution is -2.50. The molecule has 0 radical (unpaired) electrons. The Morgan fingerprint density at radius 2 is 2.29 bits per heavy atom. The van der Waals surface area contributed by atoms with Crippen LogP contribution in [0.4, 0.5) is 0 Å². The monoisotopic (exact) mass is 294 g/mol. The van der Waals surface area contributed by atoms with E-state index in [1.165, 1.54) is 5.69 Å². The van der Waals surface area contributed by atoms with Gasteiger partial charge in [-0.3, -0.25) is 9.48 Å². The molecule has 1 aliphatic heterocycles. The lowest BCUT2D eigenvalue weighted by atomic mass is 9.89. The van der Waals surface area contributed by atoms with Crippen LogP contribution in [0.3, 0.4) is 0 Å². The highest BCUT2D eigenvalue weighted by Crippen LogP contribution is 2.25. The number of carbonyl (C=O) groups excluding carboxylic acids is 1. The molecule has 1 unspecified atom stereocenters. The van der Waals surface area contributed by atoms with Crippen molar-refractivity contribution >= 4 is 5.91 Å². The fourth-order valence-corrected chi connectivity index (χ4v) is 2.90. The van der Waals surface area contributed by atoms with Crippen LogP contribution in [-0.4, -0.2) is 69.9 Å². The van der Waals surface area contributed by atoms with Crippen LogP contribution in [0.1, 0.15) is 25.0 Å². The van der Waals surface area contributed by atoms with E-state index in [4.69, 9.17) is 0 Å². The standard InChI is InChI=1S/C15H26N4O2/c1-17(2)14(20)11-15(21)7-4-9-19(12-15)10-6-13-5-8-16-18(13)3/h5,8,21H,4,6-7,9-12H2,1-3H3. The van der Waals surface area contributed by atoms with Gasteiger partial charge in [0.15, 0.2) is 0 Å². The maximum Gasteiger partial charge on any atom is 0.224 e. The molecule has 0 spiro atoms. The summed E-state index contributed by atoms with van der Waals surface area (Å²) in [6.07, 6.45) is 4.56. The van der Waals surface area contributed by atoms with Crippen LogP contribution in [0.5, 0.6) is 0 Å². The van der Waals surface area contributed by atoms with Gasteiger partial charge in [-0.05, 0) is 25.5 Å². The molecule has 1 amide bonds. The van der Waals surface area contributed by atoms with Crippen molar-refractivity contribution in [1.82, 2.24) is 19.6 Å². The van der Waals surface area contributed by atoms with Crippen molar-refractivity contribution < 1.29 is 9.90 Å². The van der Waals surface area contributed by atoms with Crippen LogP contribution in [0.25, 0.3) is 0 Å². The molecule has 6 heteroatoms. The largest absolute Gasteiger partial charge is 0.388 e. The molecule has 1 N–H and O–H groups in total. The quantitative estimate of drug-likeness (QED) is 0.847. The van der Waals surface area contributed by atoms with Crippen molar-refractivity contribution in [2.24, 2.45) is 7.05 Å². The van der Waals surface area contributed by atoms with Gasteiger partial charge in [-0.2, -0.15) is 5.10 Å². The molecule has 1 fully saturated rings. The Morgan fingerprint density at radius 1 is 1.52 bits per heavy atom. The molecule has 1 aromatic rings. The van der Waals surface area contributed by atoms with E-state index in [2.05, 4.69) is 10.00 Å². The fourth-order valence-electron chi connectivity index (χ4n) is 2.90. The van der Waals surface area contributed by atoms with Gasteiger partial charge in [0.1, 0.15) is 0 Å². The number of aryl methyl sites for hydroxylation is 1. The lowest BCUT2D eigenvalue weighted by molar-refractivity contribution is -0.136. The number of amides is 1. The molecular formula is C15H26N4O2. The van der Waals surface area contributed by atoms with E-state index < -0.39 is 5.60 Å². The van der Waals surface area contributed by atoms with Gasteiger partial charge in [-0.25, -0.2) is 0 Å². The number of β-amino-alcohol motifs (C(OH)–C–C–N with tert-alkyl or cyclic N) is 1. The van der Waals surface area contributed by atoms with Crippen molar-refractivity contribution in [3.05, 3.63) is 18.0 Å². The van der Waals surface area contributed by atoms with Gasteiger partial charge >= 0.3 is 0 Å². The summed E-state index contributed by atoms with van der Waals surface area (Å²) in [6, 6.07) is 2.02. The summed E-state index contributed by atoms with van der Waals surface area (Å²) in [6.45, 7) is 2.44. The predicted molar refractivity (Wildman–Crippen MR) is 80.8 cm³/mol. The average Bonchev–Trinajstić information content (AvgIpc) is 2.81. The van der Waals surface area contributed by atoms with E-state index in [0.717, 1.165) is 25.9 Å². The third-order valence-electron chi connectivity index (χ3n) is 4.22. The third kappa shape index (κ3) is 4.28. The summed E-state index contributed by atoms with van der Waals surface area (Å²) in [5, 5.41) is 14.8. The van der Waals surface area contributed by atoms with E-state index in [-0.39, 0.29) is 12.3 Å². The highest BCUT2D eigenvalue weighted by Gasteiger charge is 2.35. The van der Waals surface area contributed by atoms with Crippen molar-refractivity contribution in [1.29, 1.82) is 0 Å². The van der Waals surface area contributed by atoms with Gasteiger partial charge in [0.25, 0.3) is 0 Å². The highest BCUT2D eigenvalue weighted by molar-refractivity contribution is 5.76. The minimum atomic E-state index is -0.883. The van der Waals surface area contributed by atoms with Crippen molar-refractivity contribution in [3.8, 4) is 0 Å². The molecule has 0 aliphatic carbocycles. The number of carbonyl (C=O) groups is 1. The Morgan fingerprint density at radius 3 is 2.90 bits per heavy atom. The SMILES string of the molecule is CN(C)C(=O)CC1(O)CCCN(CCc2ccnn2C)C1. The van der Waals surface area contributed by atoms with Gasteiger partial charge in [0.2, 0.25) is 5.91 Å². The number of rotatable bonds is 5. The van der Waals surface area contributed by atoms with Gasteiger partial charge in [0, 0.05) is 52.5 Å². The van der Waals surface area contributed by atoms with Crippen LogP contribution >= 0.6 is 0 Å². The molecule has 2 heterocycles. The number of piperidine rings is 1. The topological polar surface area (TPSA) is 61.6 Å². The summed E-state index contributed by atoms with van der Waals surface area (Å²) < 4.78 is 1.88.